The average Bonchev–Trinajstić information content (AvgIpc) is 2.81. The lowest BCUT2D eigenvalue weighted by molar-refractivity contribution is -0.147. The van der Waals surface area contributed by atoms with Crippen molar-refractivity contribution in [1.29, 1.82) is 0 Å². The Bertz CT molecular complexity index is 1250. The maximum Gasteiger partial charge on any atom is 0.310 e. The molecule has 0 N–H and O–H groups in total. The van der Waals surface area contributed by atoms with Crippen molar-refractivity contribution in [2.45, 2.75) is 16.2 Å². The van der Waals surface area contributed by atoms with Crippen molar-refractivity contribution in [3.8, 4) is 0 Å². The Morgan fingerprint density at radius 1 is 0.742 bits per heavy atom. The standard InChI is InChI=1S/C26H19NO3S/c28-25(17-30-26(29)16-19-10-7-9-18-8-1-2-11-20(18)19)27-21-12-3-5-14-23(21)31-24-15-6-4-13-22(24)27/h1-15H,16-17H2. The summed E-state index contributed by atoms with van der Waals surface area (Å²) in [6.45, 7) is -0.309. The van der Waals surface area contributed by atoms with Crippen LogP contribution in [0.4, 0.5) is 11.4 Å². The summed E-state index contributed by atoms with van der Waals surface area (Å²) in [5.74, 6) is -0.691. The molecule has 4 aromatic rings. The third-order valence-corrected chi connectivity index (χ3v) is 6.38. The Hall–Kier alpha value is -3.57. The van der Waals surface area contributed by atoms with Gasteiger partial charge < -0.3 is 4.74 Å². The van der Waals surface area contributed by atoms with Gasteiger partial charge >= 0.3 is 5.97 Å². The number of rotatable bonds is 4. The van der Waals surface area contributed by atoms with Gasteiger partial charge in [-0.1, -0.05) is 78.5 Å². The molecule has 0 atom stereocenters. The number of amides is 1. The molecule has 4 nitrogen and oxygen atoms in total. The van der Waals surface area contributed by atoms with Gasteiger partial charge in [0.1, 0.15) is 0 Å². The molecule has 0 saturated heterocycles. The molecule has 1 aliphatic heterocycles. The van der Waals surface area contributed by atoms with Crippen molar-refractivity contribution < 1.29 is 14.3 Å². The highest BCUT2D eigenvalue weighted by Crippen LogP contribution is 2.47. The van der Waals surface area contributed by atoms with Gasteiger partial charge in [0.2, 0.25) is 0 Å². The van der Waals surface area contributed by atoms with Crippen LogP contribution in [0.15, 0.2) is 101 Å². The Kier molecular flexibility index (Phi) is 5.18. The van der Waals surface area contributed by atoms with E-state index in [9.17, 15) is 9.59 Å². The summed E-state index contributed by atoms with van der Waals surface area (Å²) in [7, 11) is 0. The van der Waals surface area contributed by atoms with Gasteiger partial charge in [0.15, 0.2) is 6.61 Å². The molecule has 0 bridgehead atoms. The highest BCUT2D eigenvalue weighted by atomic mass is 32.2. The number of anilines is 2. The van der Waals surface area contributed by atoms with Crippen LogP contribution in [0.3, 0.4) is 0 Å². The highest BCUT2D eigenvalue weighted by molar-refractivity contribution is 7.99. The quantitative estimate of drug-likeness (QED) is 0.390. The van der Waals surface area contributed by atoms with Gasteiger partial charge in [-0.05, 0) is 40.6 Å². The van der Waals surface area contributed by atoms with Crippen molar-refractivity contribution in [3.63, 3.8) is 0 Å². The molecule has 1 aliphatic rings. The molecule has 1 amide bonds. The number of carbonyl (C=O) groups is 2. The molecule has 0 aromatic heterocycles. The maximum atomic E-state index is 13.1. The van der Waals surface area contributed by atoms with E-state index in [1.165, 1.54) is 0 Å². The Labute approximate surface area is 184 Å². The van der Waals surface area contributed by atoms with Crippen LogP contribution < -0.4 is 4.90 Å². The molecule has 0 saturated carbocycles. The van der Waals surface area contributed by atoms with Gasteiger partial charge in [0.25, 0.3) is 5.91 Å². The average molecular weight is 426 g/mol. The van der Waals surface area contributed by atoms with E-state index in [0.29, 0.717) is 0 Å². The molecule has 0 fully saturated rings. The Morgan fingerprint density at radius 3 is 2.10 bits per heavy atom. The summed E-state index contributed by atoms with van der Waals surface area (Å²) < 4.78 is 5.40. The first-order valence-corrected chi connectivity index (χ1v) is 10.8. The number of fused-ring (bicyclic) bond motifs is 3. The number of hydrogen-bond donors (Lipinski definition) is 0. The summed E-state index contributed by atoms with van der Waals surface area (Å²) >= 11 is 1.63. The first-order chi connectivity index (χ1) is 15.2. The molecule has 0 spiro atoms. The Balaban J connectivity index is 1.34. The van der Waals surface area contributed by atoms with E-state index < -0.39 is 5.97 Å². The van der Waals surface area contributed by atoms with Crippen LogP contribution in [0.5, 0.6) is 0 Å². The minimum Gasteiger partial charge on any atom is -0.455 e. The van der Waals surface area contributed by atoms with Crippen LogP contribution in [-0.4, -0.2) is 18.5 Å². The number of esters is 1. The summed E-state index contributed by atoms with van der Waals surface area (Å²) in [5.41, 5.74) is 2.50. The largest absolute Gasteiger partial charge is 0.455 e. The molecule has 0 unspecified atom stereocenters. The van der Waals surface area contributed by atoms with Gasteiger partial charge in [-0.2, -0.15) is 0 Å². The number of para-hydroxylation sites is 2. The molecule has 1 heterocycles. The van der Waals surface area contributed by atoms with E-state index in [4.69, 9.17) is 4.74 Å². The SMILES string of the molecule is O=C(Cc1cccc2ccccc12)OCC(=O)N1c2ccccc2Sc2ccccc21. The number of hydrogen-bond acceptors (Lipinski definition) is 4. The molecule has 4 aromatic carbocycles. The van der Waals surface area contributed by atoms with Crippen molar-refractivity contribution in [1.82, 2.24) is 0 Å². The summed E-state index contributed by atoms with van der Waals surface area (Å²) in [4.78, 5) is 29.3. The minimum absolute atomic E-state index is 0.123. The van der Waals surface area contributed by atoms with Crippen LogP contribution in [-0.2, 0) is 20.7 Å². The second-order valence-corrected chi connectivity index (χ2v) is 8.33. The molecular weight excluding hydrogens is 406 g/mol. The first-order valence-electron chi connectivity index (χ1n) is 10.0. The third-order valence-electron chi connectivity index (χ3n) is 5.25. The number of carbonyl (C=O) groups excluding carboxylic acids is 2. The lowest BCUT2D eigenvalue weighted by Crippen LogP contribution is -2.32. The van der Waals surface area contributed by atoms with Crippen molar-refractivity contribution in [2.75, 3.05) is 11.5 Å². The lowest BCUT2D eigenvalue weighted by atomic mass is 10.0. The van der Waals surface area contributed by atoms with Crippen LogP contribution in [0.25, 0.3) is 10.8 Å². The number of benzene rings is 4. The summed E-state index contributed by atoms with van der Waals surface area (Å²) in [6, 6.07) is 29.3. The second-order valence-electron chi connectivity index (χ2n) is 7.24. The molecule has 31 heavy (non-hydrogen) atoms. The monoisotopic (exact) mass is 425 g/mol. The van der Waals surface area contributed by atoms with E-state index in [2.05, 4.69) is 0 Å². The Morgan fingerprint density at radius 2 is 1.35 bits per heavy atom. The topological polar surface area (TPSA) is 46.6 Å². The molecule has 152 valence electrons. The van der Waals surface area contributed by atoms with Gasteiger partial charge in [0.05, 0.1) is 17.8 Å². The van der Waals surface area contributed by atoms with Crippen molar-refractivity contribution in [3.05, 3.63) is 96.6 Å². The second kappa shape index (κ2) is 8.28. The van der Waals surface area contributed by atoms with E-state index >= 15 is 0 Å². The van der Waals surface area contributed by atoms with Crippen molar-refractivity contribution in [2.24, 2.45) is 0 Å². The van der Waals surface area contributed by atoms with Gasteiger partial charge in [0, 0.05) is 9.79 Å². The normalized spacial score (nSPS) is 12.2. The molecule has 0 aliphatic carbocycles. The van der Waals surface area contributed by atoms with Crippen LogP contribution in [0, 0.1) is 0 Å². The zero-order valence-electron chi connectivity index (χ0n) is 16.7. The van der Waals surface area contributed by atoms with E-state index in [1.54, 1.807) is 16.7 Å². The van der Waals surface area contributed by atoms with E-state index in [0.717, 1.165) is 37.5 Å². The minimum atomic E-state index is -0.419. The van der Waals surface area contributed by atoms with Crippen LogP contribution in [0.2, 0.25) is 0 Å². The fraction of sp³-hybridized carbons (Fsp3) is 0.0769. The van der Waals surface area contributed by atoms with E-state index in [1.807, 2.05) is 91.0 Å². The first kappa shape index (κ1) is 19.4. The predicted molar refractivity (Wildman–Crippen MR) is 123 cm³/mol. The highest BCUT2D eigenvalue weighted by Gasteiger charge is 2.28. The fourth-order valence-corrected chi connectivity index (χ4v) is 4.89. The predicted octanol–water partition coefficient (Wildman–Crippen LogP) is 5.76. The van der Waals surface area contributed by atoms with Gasteiger partial charge in [-0.3, -0.25) is 14.5 Å². The lowest BCUT2D eigenvalue weighted by Gasteiger charge is -2.30. The van der Waals surface area contributed by atoms with Crippen LogP contribution in [0.1, 0.15) is 5.56 Å². The zero-order valence-corrected chi connectivity index (χ0v) is 17.5. The molecular formula is C26H19NO3S. The van der Waals surface area contributed by atoms with E-state index in [-0.39, 0.29) is 18.9 Å². The molecule has 0 radical (unpaired) electrons. The zero-order chi connectivity index (χ0) is 21.2. The van der Waals surface area contributed by atoms with Crippen LogP contribution >= 0.6 is 11.8 Å². The van der Waals surface area contributed by atoms with Gasteiger partial charge in [-0.15, -0.1) is 0 Å². The molecule has 5 rings (SSSR count). The summed E-state index contributed by atoms with van der Waals surface area (Å²) in [6.07, 6.45) is 0.123. The summed E-state index contributed by atoms with van der Waals surface area (Å²) in [5, 5.41) is 2.09. The van der Waals surface area contributed by atoms with Crippen molar-refractivity contribution >= 4 is 45.8 Å². The fourth-order valence-electron chi connectivity index (χ4n) is 3.83. The smallest absolute Gasteiger partial charge is 0.310 e. The molecule has 5 heteroatoms. The van der Waals surface area contributed by atoms with Gasteiger partial charge in [-0.25, -0.2) is 0 Å². The maximum absolute atomic E-state index is 13.1. The number of ether oxygens (including phenoxy) is 1. The third kappa shape index (κ3) is 3.80. The number of nitrogens with zero attached hydrogens (tertiary/aromatic N) is 1.